The highest BCUT2D eigenvalue weighted by Gasteiger charge is 2.09. The third-order valence-corrected chi connectivity index (χ3v) is 4.22. The second-order valence-corrected chi connectivity index (χ2v) is 5.88. The summed E-state index contributed by atoms with van der Waals surface area (Å²) in [7, 11) is 0. The zero-order valence-electron chi connectivity index (χ0n) is 12.3. The number of hydrogen-bond donors (Lipinski definition) is 2. The molecule has 0 aliphatic rings. The molecule has 2 rings (SSSR count). The van der Waals surface area contributed by atoms with Crippen LogP contribution in [0, 0.1) is 0 Å². The highest BCUT2D eigenvalue weighted by atomic mass is 32.1. The summed E-state index contributed by atoms with van der Waals surface area (Å²) in [6.45, 7) is 5.09. The molecule has 1 amide bonds. The Kier molecular flexibility index (Phi) is 5.22. The smallest absolute Gasteiger partial charge is 0.251 e. The van der Waals surface area contributed by atoms with Crippen LogP contribution in [0.1, 0.15) is 34.0 Å². The molecule has 2 aromatic rings. The maximum Gasteiger partial charge on any atom is 0.251 e. The van der Waals surface area contributed by atoms with E-state index in [0.29, 0.717) is 30.2 Å². The lowest BCUT2D eigenvalue weighted by Gasteiger charge is -2.08. The Balaban J connectivity index is 2.02. The van der Waals surface area contributed by atoms with Crippen LogP contribution in [0.2, 0.25) is 0 Å². The number of amides is 1. The molecule has 0 aliphatic carbocycles. The molecule has 0 atom stereocenters. The number of hydrogen-bond acceptors (Lipinski definition) is 4. The fraction of sp³-hybridized carbons (Fsp3) is 0.312. The average molecular weight is 304 g/mol. The van der Waals surface area contributed by atoms with Gasteiger partial charge in [-0.1, -0.05) is 6.92 Å². The van der Waals surface area contributed by atoms with Crippen LogP contribution in [0.5, 0.6) is 5.75 Å². The second kappa shape index (κ2) is 7.13. The zero-order chi connectivity index (χ0) is 15.2. The van der Waals surface area contributed by atoms with Gasteiger partial charge in [0.2, 0.25) is 0 Å². The van der Waals surface area contributed by atoms with Crippen LogP contribution in [0.3, 0.4) is 0 Å². The Morgan fingerprint density at radius 3 is 2.67 bits per heavy atom. The maximum atomic E-state index is 12.2. The number of benzene rings is 1. The summed E-state index contributed by atoms with van der Waals surface area (Å²) in [6.07, 6.45) is 1.02. The second-order valence-electron chi connectivity index (χ2n) is 4.63. The number of thiophene rings is 1. The quantitative estimate of drug-likeness (QED) is 0.805. The van der Waals surface area contributed by atoms with Gasteiger partial charge in [-0.2, -0.15) is 0 Å². The molecule has 3 N–H and O–H groups in total. The lowest BCUT2D eigenvalue weighted by Crippen LogP contribution is -2.22. The number of nitrogen functional groups attached to an aromatic ring is 1. The third-order valence-electron chi connectivity index (χ3n) is 2.99. The molecule has 5 heteroatoms. The molecule has 4 nitrogen and oxygen atoms in total. The molecular weight excluding hydrogens is 284 g/mol. The molecule has 0 fully saturated rings. The number of aryl methyl sites for hydroxylation is 1. The average Bonchev–Trinajstić information content (AvgIpc) is 2.92. The van der Waals surface area contributed by atoms with Crippen molar-refractivity contribution in [1.82, 2.24) is 5.32 Å². The number of nitrogens with one attached hydrogen (secondary N) is 1. The Morgan fingerprint density at radius 2 is 2.00 bits per heavy atom. The number of carbonyl (C=O) groups excluding carboxylic acids is 1. The van der Waals surface area contributed by atoms with Gasteiger partial charge < -0.3 is 15.8 Å². The van der Waals surface area contributed by atoms with Crippen molar-refractivity contribution in [2.75, 3.05) is 12.3 Å². The Morgan fingerprint density at radius 1 is 1.24 bits per heavy atom. The maximum absolute atomic E-state index is 12.2. The predicted molar refractivity (Wildman–Crippen MR) is 86.9 cm³/mol. The van der Waals surface area contributed by atoms with Crippen molar-refractivity contribution in [3.8, 4) is 5.75 Å². The molecule has 1 aromatic heterocycles. The summed E-state index contributed by atoms with van der Waals surface area (Å²) < 4.78 is 5.40. The summed E-state index contributed by atoms with van der Waals surface area (Å²) in [6, 6.07) is 9.23. The molecule has 0 aliphatic heterocycles. The van der Waals surface area contributed by atoms with Crippen molar-refractivity contribution in [3.63, 3.8) is 0 Å². The molecule has 0 radical (unpaired) electrons. The van der Waals surface area contributed by atoms with E-state index < -0.39 is 0 Å². The number of ether oxygens (including phenoxy) is 1. The molecule has 0 bridgehead atoms. The van der Waals surface area contributed by atoms with Crippen LogP contribution in [0.4, 0.5) is 5.69 Å². The van der Waals surface area contributed by atoms with Crippen molar-refractivity contribution >= 4 is 22.9 Å². The van der Waals surface area contributed by atoms with E-state index in [4.69, 9.17) is 10.5 Å². The van der Waals surface area contributed by atoms with E-state index >= 15 is 0 Å². The number of anilines is 1. The van der Waals surface area contributed by atoms with Crippen LogP contribution >= 0.6 is 11.3 Å². The summed E-state index contributed by atoms with van der Waals surface area (Å²) in [5, 5.41) is 2.91. The van der Waals surface area contributed by atoms with Gasteiger partial charge in [-0.25, -0.2) is 0 Å². The van der Waals surface area contributed by atoms with Crippen molar-refractivity contribution in [3.05, 3.63) is 45.6 Å². The Hall–Kier alpha value is -2.01. The van der Waals surface area contributed by atoms with Gasteiger partial charge in [0.25, 0.3) is 5.91 Å². The molecular formula is C16H20N2O2S. The van der Waals surface area contributed by atoms with E-state index in [2.05, 4.69) is 24.4 Å². The van der Waals surface area contributed by atoms with Gasteiger partial charge in [-0.3, -0.25) is 4.79 Å². The Bertz CT molecular complexity index is 622. The number of carbonyl (C=O) groups is 1. The minimum absolute atomic E-state index is 0.144. The monoisotopic (exact) mass is 304 g/mol. The highest BCUT2D eigenvalue weighted by molar-refractivity contribution is 7.11. The van der Waals surface area contributed by atoms with Gasteiger partial charge in [0.05, 0.1) is 13.2 Å². The number of rotatable bonds is 6. The summed E-state index contributed by atoms with van der Waals surface area (Å²) in [5.41, 5.74) is 6.84. The van der Waals surface area contributed by atoms with Crippen LogP contribution in [0.15, 0.2) is 30.3 Å². The molecule has 0 saturated carbocycles. The van der Waals surface area contributed by atoms with Crippen molar-refractivity contribution in [1.29, 1.82) is 0 Å². The molecule has 0 spiro atoms. The van der Waals surface area contributed by atoms with Gasteiger partial charge in [-0.05, 0) is 37.6 Å². The first kappa shape index (κ1) is 15.4. The molecule has 21 heavy (non-hydrogen) atoms. The molecule has 1 heterocycles. The van der Waals surface area contributed by atoms with Crippen LogP contribution in [-0.2, 0) is 13.0 Å². The fourth-order valence-electron chi connectivity index (χ4n) is 1.98. The highest BCUT2D eigenvalue weighted by Crippen LogP contribution is 2.20. The molecule has 1 aromatic carbocycles. The first-order chi connectivity index (χ1) is 10.1. The third kappa shape index (κ3) is 4.23. The van der Waals surface area contributed by atoms with E-state index in [0.717, 1.165) is 11.3 Å². The van der Waals surface area contributed by atoms with Gasteiger partial charge in [0, 0.05) is 27.1 Å². The minimum atomic E-state index is -0.144. The van der Waals surface area contributed by atoms with Crippen molar-refractivity contribution < 1.29 is 9.53 Å². The van der Waals surface area contributed by atoms with Crippen LogP contribution in [-0.4, -0.2) is 12.5 Å². The lowest BCUT2D eigenvalue weighted by molar-refractivity contribution is 0.0951. The predicted octanol–water partition coefficient (Wildman–Crippen LogP) is 3.22. The minimum Gasteiger partial charge on any atom is -0.494 e. The van der Waals surface area contributed by atoms with Gasteiger partial charge >= 0.3 is 0 Å². The normalized spacial score (nSPS) is 10.4. The van der Waals surface area contributed by atoms with Gasteiger partial charge in [0.15, 0.2) is 0 Å². The van der Waals surface area contributed by atoms with Crippen molar-refractivity contribution in [2.24, 2.45) is 0 Å². The Labute approximate surface area is 128 Å². The largest absolute Gasteiger partial charge is 0.494 e. The number of nitrogens with two attached hydrogens (primary N) is 1. The van der Waals surface area contributed by atoms with E-state index in [9.17, 15) is 4.79 Å². The molecule has 0 unspecified atom stereocenters. The van der Waals surface area contributed by atoms with Gasteiger partial charge in [-0.15, -0.1) is 11.3 Å². The fourth-order valence-corrected chi connectivity index (χ4v) is 2.88. The van der Waals surface area contributed by atoms with Gasteiger partial charge in [0.1, 0.15) is 5.75 Å². The van der Waals surface area contributed by atoms with Crippen molar-refractivity contribution in [2.45, 2.75) is 26.8 Å². The lowest BCUT2D eigenvalue weighted by atomic mass is 10.1. The summed E-state index contributed by atoms with van der Waals surface area (Å²) in [4.78, 5) is 14.7. The summed E-state index contributed by atoms with van der Waals surface area (Å²) in [5.74, 6) is 0.474. The first-order valence-electron chi connectivity index (χ1n) is 7.01. The SMILES string of the molecule is CCOc1cc(N)cc(C(=O)NCc2ccc(CC)s2)c1. The van der Waals surface area contributed by atoms with E-state index in [-0.39, 0.29) is 5.91 Å². The van der Waals surface area contributed by atoms with E-state index in [1.165, 1.54) is 4.88 Å². The van der Waals surface area contributed by atoms with E-state index in [1.807, 2.05) is 6.92 Å². The van der Waals surface area contributed by atoms with Crippen LogP contribution < -0.4 is 15.8 Å². The zero-order valence-corrected chi connectivity index (χ0v) is 13.1. The molecule has 112 valence electrons. The molecule has 0 saturated heterocycles. The summed E-state index contributed by atoms with van der Waals surface area (Å²) >= 11 is 1.72. The first-order valence-corrected chi connectivity index (χ1v) is 7.83. The standard InChI is InChI=1S/C16H20N2O2S/c1-3-14-5-6-15(21-14)10-18-16(19)11-7-12(17)9-13(8-11)20-4-2/h5-9H,3-4,10,17H2,1-2H3,(H,18,19). The van der Waals surface area contributed by atoms with E-state index in [1.54, 1.807) is 29.5 Å². The van der Waals surface area contributed by atoms with Crippen LogP contribution in [0.25, 0.3) is 0 Å². The topological polar surface area (TPSA) is 64.3 Å².